The van der Waals surface area contributed by atoms with Crippen molar-refractivity contribution in [2.24, 2.45) is 0 Å². The van der Waals surface area contributed by atoms with Crippen LogP contribution < -0.4 is 5.32 Å². The first-order valence-electron chi connectivity index (χ1n) is 6.91. The number of aliphatic carboxylic acids is 1. The third-order valence-corrected chi connectivity index (χ3v) is 3.51. The highest BCUT2D eigenvalue weighted by Gasteiger charge is 2.16. The van der Waals surface area contributed by atoms with Gasteiger partial charge in [-0.05, 0) is 50.6 Å². The summed E-state index contributed by atoms with van der Waals surface area (Å²) in [5.74, 6) is -1.38. The zero-order valence-corrected chi connectivity index (χ0v) is 11.6. The van der Waals surface area contributed by atoms with E-state index < -0.39 is 12.0 Å². The van der Waals surface area contributed by atoms with Crippen molar-refractivity contribution in [1.29, 1.82) is 0 Å². The maximum atomic E-state index is 12.0. The van der Waals surface area contributed by atoms with Crippen molar-refractivity contribution in [3.8, 4) is 0 Å². The second kappa shape index (κ2) is 6.52. The van der Waals surface area contributed by atoms with Crippen LogP contribution in [0, 0.1) is 0 Å². The average molecular weight is 276 g/mol. The van der Waals surface area contributed by atoms with Gasteiger partial charge in [0.05, 0.1) is 0 Å². The molecule has 0 radical (unpaired) electrons. The quantitative estimate of drug-likeness (QED) is 0.854. The van der Waals surface area contributed by atoms with Crippen LogP contribution in [0.1, 0.15) is 35.7 Å². The minimum absolute atomic E-state index is 0.344. The fraction of sp³-hybridized carbons (Fsp3) is 0.467. The maximum Gasteiger partial charge on any atom is 0.325 e. The van der Waals surface area contributed by atoms with Gasteiger partial charge >= 0.3 is 5.97 Å². The molecule has 1 fully saturated rings. The van der Waals surface area contributed by atoms with E-state index >= 15 is 0 Å². The maximum absolute atomic E-state index is 12.0. The predicted octanol–water partition coefficient (Wildman–Crippen LogP) is 1.49. The average Bonchev–Trinajstić information content (AvgIpc) is 2.91. The van der Waals surface area contributed by atoms with Crippen molar-refractivity contribution in [3.05, 3.63) is 35.4 Å². The van der Waals surface area contributed by atoms with Gasteiger partial charge in [-0.3, -0.25) is 14.5 Å². The van der Waals surface area contributed by atoms with Gasteiger partial charge in [0.2, 0.25) is 0 Å². The lowest BCUT2D eigenvalue weighted by Gasteiger charge is -2.15. The van der Waals surface area contributed by atoms with Gasteiger partial charge in [0.15, 0.2) is 0 Å². The monoisotopic (exact) mass is 276 g/mol. The van der Waals surface area contributed by atoms with Gasteiger partial charge in [0.1, 0.15) is 6.04 Å². The van der Waals surface area contributed by atoms with E-state index in [0.29, 0.717) is 5.56 Å². The Balaban J connectivity index is 2.01. The molecule has 5 heteroatoms. The van der Waals surface area contributed by atoms with Crippen LogP contribution in [0.4, 0.5) is 0 Å². The molecule has 2 N–H and O–H groups in total. The number of hydrogen-bond acceptors (Lipinski definition) is 3. The third-order valence-electron chi connectivity index (χ3n) is 3.51. The normalized spacial score (nSPS) is 16.9. The molecular weight excluding hydrogens is 256 g/mol. The molecule has 1 atom stereocenters. The van der Waals surface area contributed by atoms with Gasteiger partial charge < -0.3 is 10.4 Å². The largest absolute Gasteiger partial charge is 0.480 e. The van der Waals surface area contributed by atoms with E-state index in [9.17, 15) is 9.59 Å². The summed E-state index contributed by atoms with van der Waals surface area (Å²) in [7, 11) is 0. The Bertz CT molecular complexity index is 496. The van der Waals surface area contributed by atoms with E-state index in [1.807, 2.05) is 18.2 Å². The Morgan fingerprint density at radius 1 is 1.35 bits per heavy atom. The van der Waals surface area contributed by atoms with Gasteiger partial charge in [0.25, 0.3) is 5.91 Å². The summed E-state index contributed by atoms with van der Waals surface area (Å²) < 4.78 is 0. The lowest BCUT2D eigenvalue weighted by atomic mass is 10.1. The molecule has 0 spiro atoms. The smallest absolute Gasteiger partial charge is 0.325 e. The zero-order valence-electron chi connectivity index (χ0n) is 11.6. The molecule has 1 saturated heterocycles. The van der Waals surface area contributed by atoms with Gasteiger partial charge in [-0.2, -0.15) is 0 Å². The fourth-order valence-corrected chi connectivity index (χ4v) is 2.35. The molecule has 1 amide bonds. The number of carbonyl (C=O) groups excluding carboxylic acids is 1. The Kier molecular flexibility index (Phi) is 4.74. The molecule has 1 heterocycles. The number of carbonyl (C=O) groups is 2. The molecule has 108 valence electrons. The molecule has 1 aromatic carbocycles. The first kappa shape index (κ1) is 14.5. The molecule has 0 unspecified atom stereocenters. The number of amides is 1. The van der Waals surface area contributed by atoms with Gasteiger partial charge in [-0.15, -0.1) is 0 Å². The summed E-state index contributed by atoms with van der Waals surface area (Å²) in [4.78, 5) is 25.1. The fourth-order valence-electron chi connectivity index (χ4n) is 2.35. The minimum atomic E-state index is -1.04. The highest BCUT2D eigenvalue weighted by molar-refractivity contribution is 5.96. The molecule has 0 aliphatic carbocycles. The number of hydrogen-bond donors (Lipinski definition) is 2. The molecule has 2 rings (SSSR count). The summed E-state index contributed by atoms with van der Waals surface area (Å²) >= 11 is 0. The van der Waals surface area contributed by atoms with E-state index in [1.165, 1.54) is 19.8 Å². The van der Waals surface area contributed by atoms with Gasteiger partial charge in [-0.25, -0.2) is 0 Å². The van der Waals surface area contributed by atoms with E-state index in [2.05, 4.69) is 10.2 Å². The predicted molar refractivity (Wildman–Crippen MR) is 75.5 cm³/mol. The zero-order chi connectivity index (χ0) is 14.5. The number of carboxylic acids is 1. The summed E-state index contributed by atoms with van der Waals surface area (Å²) in [6, 6.07) is 6.49. The Morgan fingerprint density at radius 2 is 2.05 bits per heavy atom. The number of benzene rings is 1. The summed E-state index contributed by atoms with van der Waals surface area (Å²) in [5.41, 5.74) is 1.59. The van der Waals surface area contributed by atoms with E-state index in [4.69, 9.17) is 5.11 Å². The molecule has 20 heavy (non-hydrogen) atoms. The van der Waals surface area contributed by atoms with Crippen molar-refractivity contribution in [2.75, 3.05) is 13.1 Å². The number of nitrogens with one attached hydrogen (secondary N) is 1. The van der Waals surface area contributed by atoms with Gasteiger partial charge in [-0.1, -0.05) is 12.1 Å². The highest BCUT2D eigenvalue weighted by atomic mass is 16.4. The topological polar surface area (TPSA) is 69.6 Å². The molecule has 1 aromatic rings. The van der Waals surface area contributed by atoms with Crippen LogP contribution in [0.3, 0.4) is 0 Å². The van der Waals surface area contributed by atoms with Gasteiger partial charge in [0, 0.05) is 12.1 Å². The van der Waals surface area contributed by atoms with Crippen LogP contribution in [0.25, 0.3) is 0 Å². The Hall–Kier alpha value is -1.88. The van der Waals surface area contributed by atoms with Crippen LogP contribution >= 0.6 is 0 Å². The highest BCUT2D eigenvalue weighted by Crippen LogP contribution is 2.14. The standard InChI is InChI=1S/C15H20N2O3/c1-11(15(19)20)16-14(18)13-6-4-5-12(9-13)10-17-7-2-3-8-17/h4-6,9,11H,2-3,7-8,10H2,1H3,(H,16,18)(H,19,20)/t11-/m0/s1. The first-order valence-corrected chi connectivity index (χ1v) is 6.91. The van der Waals surface area contributed by atoms with Crippen LogP contribution in [-0.2, 0) is 11.3 Å². The molecule has 1 aliphatic rings. The molecule has 5 nitrogen and oxygen atoms in total. The second-order valence-corrected chi connectivity index (χ2v) is 5.22. The summed E-state index contributed by atoms with van der Waals surface area (Å²) in [5, 5.41) is 11.3. The third kappa shape index (κ3) is 3.81. The van der Waals surface area contributed by atoms with Crippen LogP contribution in [0.2, 0.25) is 0 Å². The van der Waals surface area contributed by atoms with Crippen molar-refractivity contribution in [3.63, 3.8) is 0 Å². The van der Waals surface area contributed by atoms with Crippen molar-refractivity contribution < 1.29 is 14.7 Å². The van der Waals surface area contributed by atoms with E-state index in [-0.39, 0.29) is 5.91 Å². The summed E-state index contributed by atoms with van der Waals surface area (Å²) in [6.45, 7) is 4.50. The van der Waals surface area contributed by atoms with Crippen molar-refractivity contribution in [1.82, 2.24) is 10.2 Å². The molecule has 0 aromatic heterocycles. The molecule has 0 saturated carbocycles. The Labute approximate surface area is 118 Å². The lowest BCUT2D eigenvalue weighted by molar-refractivity contribution is -0.138. The van der Waals surface area contributed by atoms with E-state index in [1.54, 1.807) is 6.07 Å². The van der Waals surface area contributed by atoms with Crippen LogP contribution in [0.15, 0.2) is 24.3 Å². The Morgan fingerprint density at radius 3 is 2.70 bits per heavy atom. The van der Waals surface area contributed by atoms with E-state index in [0.717, 1.165) is 25.2 Å². The van der Waals surface area contributed by atoms with Crippen molar-refractivity contribution in [2.45, 2.75) is 32.4 Å². The van der Waals surface area contributed by atoms with Crippen LogP contribution in [-0.4, -0.2) is 41.0 Å². The number of nitrogens with zero attached hydrogens (tertiary/aromatic N) is 1. The SMILES string of the molecule is C[C@H](NC(=O)c1cccc(CN2CCCC2)c1)C(=O)O. The lowest BCUT2D eigenvalue weighted by Crippen LogP contribution is -2.38. The first-order chi connectivity index (χ1) is 9.56. The molecule has 0 bridgehead atoms. The minimum Gasteiger partial charge on any atom is -0.480 e. The second-order valence-electron chi connectivity index (χ2n) is 5.22. The molecule has 1 aliphatic heterocycles. The van der Waals surface area contributed by atoms with Crippen LogP contribution in [0.5, 0.6) is 0 Å². The molecular formula is C15H20N2O3. The van der Waals surface area contributed by atoms with Crippen molar-refractivity contribution >= 4 is 11.9 Å². The summed E-state index contributed by atoms with van der Waals surface area (Å²) in [6.07, 6.45) is 2.46. The number of likely N-dealkylation sites (tertiary alicyclic amines) is 1. The number of carboxylic acid groups (broad SMARTS) is 1. The number of rotatable bonds is 5.